The quantitative estimate of drug-likeness (QED) is 0.842. The molecule has 0 aliphatic heterocycles. The van der Waals surface area contributed by atoms with Gasteiger partial charge in [0.05, 0.1) is 17.9 Å². The first-order chi connectivity index (χ1) is 9.11. The molecule has 2 nitrogen and oxygen atoms in total. The van der Waals surface area contributed by atoms with E-state index in [0.717, 1.165) is 15.5 Å². The Morgan fingerprint density at radius 2 is 1.37 bits per heavy atom. The Kier molecular flexibility index (Phi) is 4.38. The van der Waals surface area contributed by atoms with Gasteiger partial charge < -0.3 is 4.74 Å². The normalized spacial score (nSPS) is 12.4. The summed E-state index contributed by atoms with van der Waals surface area (Å²) in [5.41, 5.74) is 1.26. The van der Waals surface area contributed by atoms with Crippen LogP contribution in [-0.4, -0.2) is 11.3 Å². The zero-order valence-corrected chi connectivity index (χ0v) is 12.2. The molecule has 0 bridgehead atoms. The molecule has 0 fully saturated rings. The minimum absolute atomic E-state index is 0.489. The van der Waals surface area contributed by atoms with Gasteiger partial charge in [-0.05, 0) is 47.9 Å². The van der Waals surface area contributed by atoms with Gasteiger partial charge in [-0.2, -0.15) is 0 Å². The summed E-state index contributed by atoms with van der Waals surface area (Å²) in [5, 5.41) is 0. The first-order valence-corrected chi connectivity index (χ1v) is 7.42. The number of hydrogen-bond acceptors (Lipinski definition) is 2. The van der Waals surface area contributed by atoms with Crippen molar-refractivity contribution in [2.45, 2.75) is 29.6 Å². The lowest BCUT2D eigenvalue weighted by Crippen LogP contribution is -1.94. The fraction of sp³-hybridized carbons (Fsp3) is 0.250. The Bertz CT molecular complexity index is 556. The summed E-state index contributed by atoms with van der Waals surface area (Å²) in [6, 6.07) is 15.3. The third-order valence-corrected chi connectivity index (χ3v) is 4.43. The Hall–Kier alpha value is -1.61. The second-order valence-corrected chi connectivity index (χ2v) is 6.15. The van der Waals surface area contributed by atoms with Crippen LogP contribution in [0.2, 0.25) is 0 Å². The molecule has 0 spiro atoms. The molecule has 0 saturated carbocycles. The van der Waals surface area contributed by atoms with Gasteiger partial charge in [0.2, 0.25) is 0 Å². The Morgan fingerprint density at radius 1 is 0.895 bits per heavy atom. The first kappa shape index (κ1) is 13.8. The Morgan fingerprint density at radius 3 is 1.79 bits per heavy atom. The largest absolute Gasteiger partial charge is 0.497 e. The van der Waals surface area contributed by atoms with Crippen LogP contribution < -0.4 is 4.74 Å². The standard InChI is InChI=1S/C16H18O2S/c1-12(2)13-4-8-15(9-5-13)19(17)16-10-6-14(18-3)7-11-16/h4-12H,1-3H3. The molecular weight excluding hydrogens is 256 g/mol. The van der Waals surface area contributed by atoms with Crippen molar-refractivity contribution in [3.05, 3.63) is 54.1 Å². The highest BCUT2D eigenvalue weighted by Crippen LogP contribution is 2.21. The molecule has 0 aromatic heterocycles. The SMILES string of the molecule is COc1ccc(S(=O)c2ccc(C(C)C)cc2)cc1. The number of methoxy groups -OCH3 is 1. The highest BCUT2D eigenvalue weighted by atomic mass is 32.2. The topological polar surface area (TPSA) is 26.3 Å². The van der Waals surface area contributed by atoms with Crippen LogP contribution in [0.1, 0.15) is 25.3 Å². The smallest absolute Gasteiger partial charge is 0.118 e. The van der Waals surface area contributed by atoms with Gasteiger partial charge in [-0.25, -0.2) is 4.21 Å². The van der Waals surface area contributed by atoms with Crippen LogP contribution in [0.25, 0.3) is 0 Å². The van der Waals surface area contributed by atoms with Gasteiger partial charge in [-0.1, -0.05) is 26.0 Å². The molecule has 3 heteroatoms. The molecule has 0 aliphatic rings. The van der Waals surface area contributed by atoms with Crippen molar-refractivity contribution in [3.8, 4) is 5.75 Å². The van der Waals surface area contributed by atoms with Crippen LogP contribution in [0.4, 0.5) is 0 Å². The van der Waals surface area contributed by atoms with Crippen molar-refractivity contribution in [1.82, 2.24) is 0 Å². The molecule has 0 amide bonds. The van der Waals surface area contributed by atoms with Gasteiger partial charge in [0.25, 0.3) is 0 Å². The summed E-state index contributed by atoms with van der Waals surface area (Å²) >= 11 is 0. The summed E-state index contributed by atoms with van der Waals surface area (Å²) in [4.78, 5) is 1.62. The van der Waals surface area contributed by atoms with Gasteiger partial charge in [-0.15, -0.1) is 0 Å². The van der Waals surface area contributed by atoms with Gasteiger partial charge in [0.15, 0.2) is 0 Å². The fourth-order valence-electron chi connectivity index (χ4n) is 1.81. The summed E-state index contributed by atoms with van der Waals surface area (Å²) < 4.78 is 17.5. The van der Waals surface area contributed by atoms with Gasteiger partial charge in [0.1, 0.15) is 5.75 Å². The molecule has 100 valence electrons. The van der Waals surface area contributed by atoms with Crippen LogP contribution in [-0.2, 0) is 10.8 Å². The molecule has 1 unspecified atom stereocenters. The maximum atomic E-state index is 12.4. The van der Waals surface area contributed by atoms with E-state index >= 15 is 0 Å². The lowest BCUT2D eigenvalue weighted by molar-refractivity contribution is 0.414. The second-order valence-electron chi connectivity index (χ2n) is 4.67. The van der Waals surface area contributed by atoms with E-state index in [2.05, 4.69) is 13.8 Å². The molecule has 0 heterocycles. The van der Waals surface area contributed by atoms with E-state index in [9.17, 15) is 4.21 Å². The summed E-state index contributed by atoms with van der Waals surface area (Å²) in [5.74, 6) is 1.26. The Labute approximate surface area is 116 Å². The van der Waals surface area contributed by atoms with E-state index in [-0.39, 0.29) is 0 Å². The predicted molar refractivity (Wildman–Crippen MR) is 78.2 cm³/mol. The second kappa shape index (κ2) is 6.02. The zero-order chi connectivity index (χ0) is 13.8. The third-order valence-electron chi connectivity index (χ3n) is 3.03. The van der Waals surface area contributed by atoms with Crippen molar-refractivity contribution >= 4 is 10.8 Å². The first-order valence-electron chi connectivity index (χ1n) is 6.27. The highest BCUT2D eigenvalue weighted by molar-refractivity contribution is 7.85. The van der Waals surface area contributed by atoms with Crippen molar-refractivity contribution in [2.75, 3.05) is 7.11 Å². The van der Waals surface area contributed by atoms with E-state index < -0.39 is 10.8 Å². The van der Waals surface area contributed by atoms with Crippen molar-refractivity contribution in [2.24, 2.45) is 0 Å². The predicted octanol–water partition coefficient (Wildman–Crippen LogP) is 3.99. The van der Waals surface area contributed by atoms with E-state index in [4.69, 9.17) is 4.74 Å². The molecular formula is C16H18O2S. The minimum Gasteiger partial charge on any atom is -0.497 e. The summed E-state index contributed by atoms with van der Waals surface area (Å²) in [7, 11) is 0.488. The number of ether oxygens (including phenoxy) is 1. The van der Waals surface area contributed by atoms with E-state index in [1.54, 1.807) is 7.11 Å². The van der Waals surface area contributed by atoms with Crippen molar-refractivity contribution in [1.29, 1.82) is 0 Å². The molecule has 0 saturated heterocycles. The fourth-order valence-corrected chi connectivity index (χ4v) is 2.85. The minimum atomic E-state index is -1.13. The maximum Gasteiger partial charge on any atom is 0.118 e. The lowest BCUT2D eigenvalue weighted by atomic mass is 10.0. The van der Waals surface area contributed by atoms with E-state index in [0.29, 0.717) is 5.92 Å². The van der Waals surface area contributed by atoms with Gasteiger partial charge in [-0.3, -0.25) is 0 Å². The molecule has 0 aliphatic carbocycles. The molecule has 19 heavy (non-hydrogen) atoms. The maximum absolute atomic E-state index is 12.4. The van der Waals surface area contributed by atoms with Crippen LogP contribution >= 0.6 is 0 Å². The average Bonchev–Trinajstić information content (AvgIpc) is 2.46. The van der Waals surface area contributed by atoms with Crippen LogP contribution in [0.3, 0.4) is 0 Å². The molecule has 0 radical (unpaired) electrons. The van der Waals surface area contributed by atoms with Crippen LogP contribution in [0, 0.1) is 0 Å². The van der Waals surface area contributed by atoms with Gasteiger partial charge in [0, 0.05) is 9.79 Å². The van der Waals surface area contributed by atoms with Crippen LogP contribution in [0.5, 0.6) is 5.75 Å². The molecule has 2 rings (SSSR count). The summed E-state index contributed by atoms with van der Waals surface area (Å²) in [6.45, 7) is 4.30. The number of hydrogen-bond donors (Lipinski definition) is 0. The summed E-state index contributed by atoms with van der Waals surface area (Å²) in [6.07, 6.45) is 0. The number of rotatable bonds is 4. The highest BCUT2D eigenvalue weighted by Gasteiger charge is 2.08. The Balaban J connectivity index is 2.22. The van der Waals surface area contributed by atoms with Crippen molar-refractivity contribution < 1.29 is 8.95 Å². The molecule has 2 aromatic carbocycles. The number of benzene rings is 2. The monoisotopic (exact) mass is 274 g/mol. The van der Waals surface area contributed by atoms with E-state index in [1.165, 1.54) is 5.56 Å². The third kappa shape index (κ3) is 3.24. The van der Waals surface area contributed by atoms with Crippen LogP contribution in [0.15, 0.2) is 58.3 Å². The molecule has 0 N–H and O–H groups in total. The van der Waals surface area contributed by atoms with E-state index in [1.807, 2.05) is 48.5 Å². The zero-order valence-electron chi connectivity index (χ0n) is 11.4. The average molecular weight is 274 g/mol. The lowest BCUT2D eigenvalue weighted by Gasteiger charge is -2.07. The van der Waals surface area contributed by atoms with Gasteiger partial charge >= 0.3 is 0 Å². The molecule has 2 aromatic rings. The van der Waals surface area contributed by atoms with Crippen molar-refractivity contribution in [3.63, 3.8) is 0 Å². The molecule has 1 atom stereocenters.